The van der Waals surface area contributed by atoms with Crippen molar-refractivity contribution in [2.75, 3.05) is 5.32 Å². The van der Waals surface area contributed by atoms with Crippen LogP contribution in [0.15, 0.2) is 48.7 Å². The van der Waals surface area contributed by atoms with Crippen molar-refractivity contribution < 1.29 is 9.59 Å². The molecular formula is C20H16ClN3O2S. The van der Waals surface area contributed by atoms with E-state index in [4.69, 9.17) is 11.6 Å². The average molecular weight is 398 g/mol. The van der Waals surface area contributed by atoms with Gasteiger partial charge in [0.1, 0.15) is 5.69 Å². The van der Waals surface area contributed by atoms with Crippen LogP contribution < -0.4 is 5.32 Å². The molecule has 0 fully saturated rings. The maximum Gasteiger partial charge on any atom is 0.273 e. The van der Waals surface area contributed by atoms with Crippen molar-refractivity contribution in [1.82, 2.24) is 9.88 Å². The summed E-state index contributed by atoms with van der Waals surface area (Å²) < 4.78 is 0.555. The third kappa shape index (κ3) is 3.59. The summed E-state index contributed by atoms with van der Waals surface area (Å²) in [4.78, 5) is 31.7. The molecule has 5 nitrogen and oxygen atoms in total. The zero-order valence-corrected chi connectivity index (χ0v) is 16.1. The molecule has 1 aliphatic rings. The van der Waals surface area contributed by atoms with E-state index in [9.17, 15) is 9.59 Å². The highest BCUT2D eigenvalue weighted by molar-refractivity contribution is 7.18. The topological polar surface area (TPSA) is 62.3 Å². The standard InChI is InChI=1S/C20H16ClN3O2S/c1-12-3-2-4-13(9-12)10-24-11-14-15(7-8-22-18(14)20(24)26)23-19(25)16-5-6-17(21)27-16/h2-9H,10-11H2,1H3,(H,22,23,25). The van der Waals surface area contributed by atoms with Gasteiger partial charge in [0.25, 0.3) is 11.8 Å². The van der Waals surface area contributed by atoms with E-state index in [1.807, 2.05) is 25.1 Å². The third-order valence-corrected chi connectivity index (χ3v) is 5.63. The fourth-order valence-corrected chi connectivity index (χ4v) is 4.08. The predicted molar refractivity (Wildman–Crippen MR) is 106 cm³/mol. The van der Waals surface area contributed by atoms with Gasteiger partial charge >= 0.3 is 0 Å². The Morgan fingerprint density at radius 2 is 2.15 bits per heavy atom. The molecule has 1 aromatic carbocycles. The van der Waals surface area contributed by atoms with E-state index in [0.29, 0.717) is 33.7 Å². The second-order valence-corrected chi connectivity index (χ2v) is 8.11. The predicted octanol–water partition coefficient (Wildman–Crippen LogP) is 4.51. The number of pyridine rings is 1. The molecular weight excluding hydrogens is 382 g/mol. The van der Waals surface area contributed by atoms with Crippen molar-refractivity contribution >= 4 is 40.4 Å². The normalized spacial score (nSPS) is 13.0. The molecule has 0 saturated carbocycles. The number of nitrogens with zero attached hydrogens (tertiary/aromatic N) is 2. The first-order valence-corrected chi connectivity index (χ1v) is 9.60. The molecule has 1 N–H and O–H groups in total. The molecule has 4 rings (SSSR count). The molecule has 0 bridgehead atoms. The van der Waals surface area contributed by atoms with Crippen LogP contribution in [0.3, 0.4) is 0 Å². The Morgan fingerprint density at radius 3 is 2.89 bits per heavy atom. The zero-order valence-electron chi connectivity index (χ0n) is 14.5. The first-order valence-electron chi connectivity index (χ1n) is 8.40. The fraction of sp³-hybridized carbons (Fsp3) is 0.150. The number of amides is 2. The van der Waals surface area contributed by atoms with Gasteiger partial charge in [-0.05, 0) is 30.7 Å². The van der Waals surface area contributed by atoms with Gasteiger partial charge in [-0.25, -0.2) is 0 Å². The van der Waals surface area contributed by atoms with Gasteiger partial charge in [-0.15, -0.1) is 11.3 Å². The van der Waals surface area contributed by atoms with Crippen molar-refractivity contribution in [2.45, 2.75) is 20.0 Å². The maximum atomic E-state index is 12.7. The number of rotatable bonds is 4. The number of thiophene rings is 1. The molecule has 27 heavy (non-hydrogen) atoms. The van der Waals surface area contributed by atoms with Gasteiger partial charge in [0.05, 0.1) is 15.8 Å². The van der Waals surface area contributed by atoms with Crippen LogP contribution in [0.2, 0.25) is 4.34 Å². The molecule has 136 valence electrons. The van der Waals surface area contributed by atoms with Gasteiger partial charge in [0.2, 0.25) is 0 Å². The SMILES string of the molecule is Cc1cccc(CN2Cc3c(NC(=O)c4ccc(Cl)s4)ccnc3C2=O)c1. The number of benzene rings is 1. The summed E-state index contributed by atoms with van der Waals surface area (Å²) >= 11 is 7.12. The van der Waals surface area contributed by atoms with Gasteiger partial charge in [-0.1, -0.05) is 41.4 Å². The Morgan fingerprint density at radius 1 is 1.30 bits per heavy atom. The van der Waals surface area contributed by atoms with Gasteiger partial charge in [-0.3, -0.25) is 14.6 Å². The molecule has 0 atom stereocenters. The lowest BCUT2D eigenvalue weighted by atomic mass is 10.1. The summed E-state index contributed by atoms with van der Waals surface area (Å²) in [6.45, 7) is 2.94. The number of hydrogen-bond donors (Lipinski definition) is 1. The number of halogens is 1. The van der Waals surface area contributed by atoms with Crippen LogP contribution in [0.25, 0.3) is 0 Å². The molecule has 0 unspecified atom stereocenters. The highest BCUT2D eigenvalue weighted by Gasteiger charge is 2.31. The van der Waals surface area contributed by atoms with Crippen LogP contribution >= 0.6 is 22.9 Å². The van der Waals surface area contributed by atoms with Crippen molar-refractivity contribution in [2.24, 2.45) is 0 Å². The van der Waals surface area contributed by atoms with Crippen LogP contribution in [-0.4, -0.2) is 21.7 Å². The number of anilines is 1. The summed E-state index contributed by atoms with van der Waals surface area (Å²) in [6.07, 6.45) is 1.55. The minimum Gasteiger partial charge on any atom is -0.328 e. The van der Waals surface area contributed by atoms with Crippen LogP contribution in [0, 0.1) is 6.92 Å². The number of fused-ring (bicyclic) bond motifs is 1. The second kappa shape index (κ2) is 7.13. The van der Waals surface area contributed by atoms with Crippen LogP contribution in [0.4, 0.5) is 5.69 Å². The van der Waals surface area contributed by atoms with E-state index < -0.39 is 0 Å². The van der Waals surface area contributed by atoms with E-state index in [0.717, 1.165) is 16.7 Å². The number of aromatic nitrogens is 1. The lowest BCUT2D eigenvalue weighted by Gasteiger charge is -2.16. The largest absolute Gasteiger partial charge is 0.328 e. The van der Waals surface area contributed by atoms with Crippen LogP contribution in [0.1, 0.15) is 36.9 Å². The first kappa shape index (κ1) is 17.7. The average Bonchev–Trinajstić information content (AvgIpc) is 3.20. The first-order chi connectivity index (χ1) is 13.0. The Kier molecular flexibility index (Phi) is 4.68. The number of aryl methyl sites for hydroxylation is 1. The molecule has 0 aliphatic carbocycles. The van der Waals surface area contributed by atoms with Crippen LogP contribution in [-0.2, 0) is 13.1 Å². The number of carbonyl (C=O) groups is 2. The molecule has 3 aromatic rings. The summed E-state index contributed by atoms with van der Waals surface area (Å²) in [5.41, 5.74) is 3.96. The van der Waals surface area contributed by atoms with E-state index in [1.165, 1.54) is 11.3 Å². The Bertz CT molecular complexity index is 1050. The molecule has 0 radical (unpaired) electrons. The van der Waals surface area contributed by atoms with Gasteiger partial charge in [-0.2, -0.15) is 0 Å². The van der Waals surface area contributed by atoms with Gasteiger partial charge in [0.15, 0.2) is 0 Å². The molecule has 0 spiro atoms. The second-order valence-electron chi connectivity index (χ2n) is 6.39. The summed E-state index contributed by atoms with van der Waals surface area (Å²) in [5, 5.41) is 2.88. The maximum absolute atomic E-state index is 12.7. The molecule has 2 aromatic heterocycles. The van der Waals surface area contributed by atoms with E-state index >= 15 is 0 Å². The Hall–Kier alpha value is -2.70. The minimum atomic E-state index is -0.245. The summed E-state index contributed by atoms with van der Waals surface area (Å²) in [5.74, 6) is -0.369. The third-order valence-electron chi connectivity index (χ3n) is 4.40. The molecule has 3 heterocycles. The van der Waals surface area contributed by atoms with Crippen molar-refractivity contribution in [3.63, 3.8) is 0 Å². The summed E-state index contributed by atoms with van der Waals surface area (Å²) in [6, 6.07) is 13.1. The fourth-order valence-electron chi connectivity index (χ4n) is 3.15. The minimum absolute atomic E-state index is 0.123. The van der Waals surface area contributed by atoms with Crippen molar-refractivity contribution in [3.05, 3.63) is 80.3 Å². The number of carbonyl (C=O) groups excluding carboxylic acids is 2. The van der Waals surface area contributed by atoms with E-state index in [1.54, 1.807) is 29.3 Å². The van der Waals surface area contributed by atoms with Crippen molar-refractivity contribution in [1.29, 1.82) is 0 Å². The van der Waals surface area contributed by atoms with Gasteiger partial charge < -0.3 is 10.2 Å². The van der Waals surface area contributed by atoms with Crippen molar-refractivity contribution in [3.8, 4) is 0 Å². The Balaban J connectivity index is 1.56. The van der Waals surface area contributed by atoms with Crippen LogP contribution in [0.5, 0.6) is 0 Å². The molecule has 7 heteroatoms. The molecule has 0 saturated heterocycles. The summed E-state index contributed by atoms with van der Waals surface area (Å²) in [7, 11) is 0. The van der Waals surface area contributed by atoms with Gasteiger partial charge in [0, 0.05) is 24.0 Å². The molecule has 2 amide bonds. The highest BCUT2D eigenvalue weighted by Crippen LogP contribution is 2.30. The lowest BCUT2D eigenvalue weighted by Crippen LogP contribution is -2.23. The lowest BCUT2D eigenvalue weighted by molar-refractivity contribution is 0.0762. The smallest absolute Gasteiger partial charge is 0.273 e. The Labute approximate surface area is 165 Å². The van der Waals surface area contributed by atoms with E-state index in [-0.39, 0.29) is 11.8 Å². The number of nitrogens with one attached hydrogen (secondary N) is 1. The highest BCUT2D eigenvalue weighted by atomic mass is 35.5. The zero-order chi connectivity index (χ0) is 19.0. The monoisotopic (exact) mass is 397 g/mol. The molecule has 1 aliphatic heterocycles. The number of hydrogen-bond acceptors (Lipinski definition) is 4. The van der Waals surface area contributed by atoms with E-state index in [2.05, 4.69) is 16.4 Å². The quantitative estimate of drug-likeness (QED) is 0.704.